The van der Waals surface area contributed by atoms with E-state index in [1.54, 1.807) is 0 Å². The minimum absolute atomic E-state index is 0.0846. The first-order valence-corrected chi connectivity index (χ1v) is 5.03. The molecular weight excluding hydrogens is 182 g/mol. The predicted molar refractivity (Wildman–Crippen MR) is 53.9 cm³/mol. The van der Waals surface area contributed by atoms with Crippen LogP contribution in [-0.2, 0) is 9.59 Å². The molecule has 2 atom stereocenters. The van der Waals surface area contributed by atoms with E-state index in [9.17, 15) is 9.59 Å². The van der Waals surface area contributed by atoms with Crippen LogP contribution in [0.5, 0.6) is 0 Å². The van der Waals surface area contributed by atoms with Gasteiger partial charge in [-0.25, -0.2) is 0 Å². The van der Waals surface area contributed by atoms with Crippen LogP contribution < -0.4 is 5.32 Å². The molecule has 0 saturated heterocycles. The number of nitrogens with one attached hydrogen (secondary N) is 1. The van der Waals surface area contributed by atoms with Gasteiger partial charge in [0.15, 0.2) is 0 Å². The fraction of sp³-hybridized carbons (Fsp3) is 0.800. The van der Waals surface area contributed by atoms with Gasteiger partial charge >= 0.3 is 5.97 Å². The molecule has 4 heteroatoms. The molecule has 0 aromatic heterocycles. The minimum atomic E-state index is -0.920. The minimum Gasteiger partial charge on any atom is -0.481 e. The first kappa shape index (κ1) is 12.9. The number of rotatable bonds is 6. The van der Waals surface area contributed by atoms with Crippen molar-refractivity contribution in [3.05, 3.63) is 0 Å². The summed E-state index contributed by atoms with van der Waals surface area (Å²) in [5, 5.41) is 11.4. The summed E-state index contributed by atoms with van der Waals surface area (Å²) in [4.78, 5) is 22.0. The molecule has 0 aromatic carbocycles. The largest absolute Gasteiger partial charge is 0.481 e. The lowest BCUT2D eigenvalue weighted by atomic mass is 10.0. The van der Waals surface area contributed by atoms with Crippen LogP contribution in [0.1, 0.15) is 40.0 Å². The van der Waals surface area contributed by atoms with E-state index in [0.717, 1.165) is 6.42 Å². The number of aliphatic carboxylic acids is 1. The van der Waals surface area contributed by atoms with Gasteiger partial charge in [0.05, 0.1) is 6.42 Å². The molecule has 1 amide bonds. The van der Waals surface area contributed by atoms with Crippen LogP contribution in [0.2, 0.25) is 0 Å². The third kappa shape index (κ3) is 4.84. The maximum atomic E-state index is 11.5. The van der Waals surface area contributed by atoms with E-state index in [1.165, 1.54) is 0 Å². The summed E-state index contributed by atoms with van der Waals surface area (Å²) in [6.07, 6.45) is 1.34. The van der Waals surface area contributed by atoms with Crippen LogP contribution in [0.3, 0.4) is 0 Å². The Balaban J connectivity index is 4.10. The monoisotopic (exact) mass is 201 g/mol. The fourth-order valence-electron chi connectivity index (χ4n) is 1.10. The summed E-state index contributed by atoms with van der Waals surface area (Å²) in [5.74, 6) is -1.47. The number of carboxylic acid groups (broad SMARTS) is 1. The number of carboxylic acids is 1. The Labute approximate surface area is 84.7 Å². The second kappa shape index (κ2) is 6.40. The van der Waals surface area contributed by atoms with E-state index >= 15 is 0 Å². The molecule has 2 unspecified atom stereocenters. The zero-order valence-corrected chi connectivity index (χ0v) is 9.04. The van der Waals surface area contributed by atoms with Crippen molar-refractivity contribution >= 4 is 11.9 Å². The van der Waals surface area contributed by atoms with Crippen LogP contribution in [-0.4, -0.2) is 23.0 Å². The van der Waals surface area contributed by atoms with Gasteiger partial charge in [-0.1, -0.05) is 13.8 Å². The van der Waals surface area contributed by atoms with Crippen LogP contribution in [0.15, 0.2) is 0 Å². The summed E-state index contributed by atoms with van der Waals surface area (Å²) < 4.78 is 0. The topological polar surface area (TPSA) is 66.4 Å². The van der Waals surface area contributed by atoms with Crippen molar-refractivity contribution in [2.75, 3.05) is 0 Å². The van der Waals surface area contributed by atoms with Crippen LogP contribution >= 0.6 is 0 Å². The highest BCUT2D eigenvalue weighted by Crippen LogP contribution is 2.08. The lowest BCUT2D eigenvalue weighted by Crippen LogP contribution is -2.37. The van der Waals surface area contributed by atoms with Gasteiger partial charge in [0.1, 0.15) is 0 Å². The third-order valence-corrected chi connectivity index (χ3v) is 2.29. The van der Waals surface area contributed by atoms with Gasteiger partial charge in [0.2, 0.25) is 5.91 Å². The second-order valence-electron chi connectivity index (χ2n) is 3.52. The lowest BCUT2D eigenvalue weighted by molar-refractivity contribution is -0.141. The van der Waals surface area contributed by atoms with Gasteiger partial charge in [-0.15, -0.1) is 0 Å². The summed E-state index contributed by atoms with van der Waals surface area (Å²) in [6, 6.07) is 0.116. The van der Waals surface area contributed by atoms with Crippen molar-refractivity contribution in [2.45, 2.75) is 46.1 Å². The van der Waals surface area contributed by atoms with Gasteiger partial charge in [0.25, 0.3) is 0 Å². The maximum absolute atomic E-state index is 11.5. The Morgan fingerprint density at radius 2 is 1.86 bits per heavy atom. The molecule has 0 saturated carbocycles. The zero-order chi connectivity index (χ0) is 11.1. The van der Waals surface area contributed by atoms with Crippen molar-refractivity contribution in [1.29, 1.82) is 0 Å². The molecule has 0 spiro atoms. The van der Waals surface area contributed by atoms with Crippen LogP contribution in [0, 0.1) is 5.92 Å². The first-order chi connectivity index (χ1) is 6.51. The molecule has 0 aliphatic carbocycles. The smallest absolute Gasteiger partial charge is 0.304 e. The third-order valence-electron chi connectivity index (χ3n) is 2.29. The average molecular weight is 201 g/mol. The number of amides is 1. The van der Waals surface area contributed by atoms with Crippen molar-refractivity contribution in [2.24, 2.45) is 5.92 Å². The molecule has 0 rings (SSSR count). The van der Waals surface area contributed by atoms with E-state index in [4.69, 9.17) is 5.11 Å². The SMILES string of the molecule is CCC(C)NC(=O)C(CC)CC(=O)O. The molecule has 4 nitrogen and oxygen atoms in total. The number of carbonyl (C=O) groups is 2. The molecule has 2 N–H and O–H groups in total. The lowest BCUT2D eigenvalue weighted by Gasteiger charge is -2.16. The van der Waals surface area contributed by atoms with E-state index in [-0.39, 0.29) is 18.4 Å². The predicted octanol–water partition coefficient (Wildman–Crippen LogP) is 1.40. The summed E-state index contributed by atoms with van der Waals surface area (Å²) in [7, 11) is 0. The molecule has 14 heavy (non-hydrogen) atoms. The molecule has 0 aliphatic heterocycles. The summed E-state index contributed by atoms with van der Waals surface area (Å²) >= 11 is 0. The highest BCUT2D eigenvalue weighted by molar-refractivity contribution is 5.83. The van der Waals surface area contributed by atoms with Crippen molar-refractivity contribution < 1.29 is 14.7 Å². The molecule has 0 radical (unpaired) electrons. The molecule has 0 fully saturated rings. The van der Waals surface area contributed by atoms with E-state index in [1.807, 2.05) is 20.8 Å². The second-order valence-corrected chi connectivity index (χ2v) is 3.52. The van der Waals surface area contributed by atoms with Gasteiger partial charge in [-0.3, -0.25) is 9.59 Å². The van der Waals surface area contributed by atoms with Crippen LogP contribution in [0.25, 0.3) is 0 Å². The Hall–Kier alpha value is -1.06. The molecule has 0 aliphatic rings. The maximum Gasteiger partial charge on any atom is 0.304 e. The van der Waals surface area contributed by atoms with Crippen molar-refractivity contribution in [3.8, 4) is 0 Å². The van der Waals surface area contributed by atoms with Crippen LogP contribution in [0.4, 0.5) is 0 Å². The quantitative estimate of drug-likeness (QED) is 0.682. The molecule has 0 heterocycles. The van der Waals surface area contributed by atoms with E-state index < -0.39 is 11.9 Å². The van der Waals surface area contributed by atoms with Gasteiger partial charge in [-0.2, -0.15) is 0 Å². The van der Waals surface area contributed by atoms with E-state index in [0.29, 0.717) is 6.42 Å². The Bertz CT molecular complexity index is 204. The Morgan fingerprint density at radius 1 is 1.29 bits per heavy atom. The molecule has 82 valence electrons. The van der Waals surface area contributed by atoms with E-state index in [2.05, 4.69) is 5.32 Å². The Kier molecular flexibility index (Phi) is 5.92. The first-order valence-electron chi connectivity index (χ1n) is 5.03. The fourth-order valence-corrected chi connectivity index (χ4v) is 1.10. The van der Waals surface area contributed by atoms with Gasteiger partial charge in [-0.05, 0) is 19.8 Å². The normalized spacial score (nSPS) is 14.5. The van der Waals surface area contributed by atoms with Crippen molar-refractivity contribution in [1.82, 2.24) is 5.32 Å². The highest BCUT2D eigenvalue weighted by Gasteiger charge is 2.20. The van der Waals surface area contributed by atoms with Gasteiger partial charge in [0, 0.05) is 12.0 Å². The Morgan fingerprint density at radius 3 is 2.21 bits per heavy atom. The number of carbonyl (C=O) groups excluding carboxylic acids is 1. The zero-order valence-electron chi connectivity index (χ0n) is 9.04. The average Bonchev–Trinajstić information content (AvgIpc) is 2.13. The number of hydrogen-bond donors (Lipinski definition) is 2. The summed E-state index contributed by atoms with van der Waals surface area (Å²) in [5.41, 5.74) is 0. The van der Waals surface area contributed by atoms with Crippen molar-refractivity contribution in [3.63, 3.8) is 0 Å². The molecule has 0 bridgehead atoms. The highest BCUT2D eigenvalue weighted by atomic mass is 16.4. The molecular formula is C10H19NO3. The number of hydrogen-bond acceptors (Lipinski definition) is 2. The van der Waals surface area contributed by atoms with Gasteiger partial charge < -0.3 is 10.4 Å². The summed E-state index contributed by atoms with van der Waals surface area (Å²) in [6.45, 7) is 5.71. The molecule has 0 aromatic rings. The standard InChI is InChI=1S/C10H19NO3/c1-4-7(3)11-10(14)8(5-2)6-9(12)13/h7-8H,4-6H2,1-3H3,(H,11,14)(H,12,13).